The van der Waals surface area contributed by atoms with Crippen LogP contribution in [0.4, 0.5) is 0 Å². The van der Waals surface area contributed by atoms with E-state index in [9.17, 15) is 0 Å². The molecule has 0 radical (unpaired) electrons. The van der Waals surface area contributed by atoms with E-state index in [0.29, 0.717) is 5.92 Å². The zero-order valence-corrected chi connectivity index (χ0v) is 16.6. The maximum absolute atomic E-state index is 4.79. The fraction of sp³-hybridized carbons (Fsp3) is 0.409. The highest BCUT2D eigenvalue weighted by molar-refractivity contribution is 5.37. The Bertz CT molecular complexity index is 943. The Balaban J connectivity index is 1.55. The highest BCUT2D eigenvalue weighted by Gasteiger charge is 2.22. The van der Waals surface area contributed by atoms with Gasteiger partial charge in [-0.1, -0.05) is 32.0 Å². The summed E-state index contributed by atoms with van der Waals surface area (Å²) >= 11 is 0. The van der Waals surface area contributed by atoms with Crippen molar-refractivity contribution in [2.45, 2.75) is 53.1 Å². The van der Waals surface area contributed by atoms with E-state index in [1.807, 2.05) is 12.3 Å². The maximum Gasteiger partial charge on any atom is 0.131 e. The molecule has 0 unspecified atom stereocenters. The van der Waals surface area contributed by atoms with Gasteiger partial charge in [-0.2, -0.15) is 5.10 Å². The fourth-order valence-corrected chi connectivity index (χ4v) is 3.75. The van der Waals surface area contributed by atoms with E-state index in [2.05, 4.69) is 66.5 Å². The van der Waals surface area contributed by atoms with Crippen molar-refractivity contribution in [3.8, 4) is 5.69 Å². The molecule has 1 aromatic carbocycles. The van der Waals surface area contributed by atoms with Crippen molar-refractivity contribution in [1.82, 2.24) is 24.6 Å². The Hall–Kier alpha value is -2.53. The van der Waals surface area contributed by atoms with Crippen LogP contribution in [-0.4, -0.2) is 31.2 Å². The minimum atomic E-state index is 0.377. The number of fused-ring (bicyclic) bond motifs is 1. The van der Waals surface area contributed by atoms with Gasteiger partial charge in [-0.25, -0.2) is 14.6 Å². The van der Waals surface area contributed by atoms with Crippen LogP contribution >= 0.6 is 0 Å². The van der Waals surface area contributed by atoms with Crippen molar-refractivity contribution in [3.05, 3.63) is 70.6 Å². The number of aromatic nitrogens is 4. The molecule has 0 atom stereocenters. The third kappa shape index (κ3) is 3.52. The smallest absolute Gasteiger partial charge is 0.131 e. The van der Waals surface area contributed by atoms with E-state index in [4.69, 9.17) is 10.1 Å². The summed E-state index contributed by atoms with van der Waals surface area (Å²) < 4.78 is 2.06. The average molecular weight is 361 g/mol. The van der Waals surface area contributed by atoms with E-state index >= 15 is 0 Å². The number of hydrogen-bond acceptors (Lipinski definition) is 4. The zero-order chi connectivity index (χ0) is 19.0. The molecule has 5 heteroatoms. The summed E-state index contributed by atoms with van der Waals surface area (Å²) in [6.07, 6.45) is 3.01. The van der Waals surface area contributed by atoms with Gasteiger partial charge in [-0.15, -0.1) is 0 Å². The van der Waals surface area contributed by atoms with Crippen molar-refractivity contribution < 1.29 is 0 Å². The molecule has 2 aromatic heterocycles. The van der Waals surface area contributed by atoms with Gasteiger partial charge >= 0.3 is 0 Å². The molecule has 0 aliphatic carbocycles. The van der Waals surface area contributed by atoms with Crippen LogP contribution in [0.5, 0.6) is 0 Å². The summed E-state index contributed by atoms with van der Waals surface area (Å²) in [6.45, 7) is 11.4. The summed E-state index contributed by atoms with van der Waals surface area (Å²) in [4.78, 5) is 11.8. The van der Waals surface area contributed by atoms with Crippen LogP contribution in [-0.2, 0) is 19.5 Å². The summed E-state index contributed by atoms with van der Waals surface area (Å²) in [5.41, 5.74) is 7.24. The molecule has 0 fully saturated rings. The van der Waals surface area contributed by atoms with Gasteiger partial charge in [0.2, 0.25) is 0 Å². The number of rotatable bonds is 4. The summed E-state index contributed by atoms with van der Waals surface area (Å²) in [6, 6.07) is 10.3. The molecule has 0 amide bonds. The first-order valence-electron chi connectivity index (χ1n) is 9.70. The predicted octanol–water partition coefficient (Wildman–Crippen LogP) is 3.96. The quantitative estimate of drug-likeness (QED) is 0.706. The van der Waals surface area contributed by atoms with Crippen molar-refractivity contribution >= 4 is 0 Å². The predicted molar refractivity (Wildman–Crippen MR) is 107 cm³/mol. The molecule has 1 aliphatic heterocycles. The standard InChI is InChI=1S/C22H27N5/c1-15(2)22-23-12-18-13-26(11-10-21(18)24-22)14-20-16(3)25-27(17(20)4)19-8-6-5-7-9-19/h5-9,12,15H,10-11,13-14H2,1-4H3. The molecule has 140 valence electrons. The molecule has 3 aromatic rings. The van der Waals surface area contributed by atoms with Gasteiger partial charge in [0.1, 0.15) is 5.82 Å². The van der Waals surface area contributed by atoms with Crippen LogP contribution in [0, 0.1) is 13.8 Å². The lowest BCUT2D eigenvalue weighted by molar-refractivity contribution is 0.241. The number of aryl methyl sites for hydroxylation is 1. The molecule has 27 heavy (non-hydrogen) atoms. The highest BCUT2D eigenvalue weighted by atomic mass is 15.3. The van der Waals surface area contributed by atoms with E-state index < -0.39 is 0 Å². The van der Waals surface area contributed by atoms with Gasteiger partial charge in [-0.3, -0.25) is 4.90 Å². The van der Waals surface area contributed by atoms with Gasteiger partial charge in [0, 0.05) is 60.7 Å². The molecule has 4 rings (SSSR count). The second-order valence-corrected chi connectivity index (χ2v) is 7.71. The van der Waals surface area contributed by atoms with E-state index in [1.54, 1.807) is 0 Å². The first-order chi connectivity index (χ1) is 13.0. The summed E-state index contributed by atoms with van der Waals surface area (Å²) in [5.74, 6) is 1.33. The van der Waals surface area contributed by atoms with Crippen LogP contribution in [0.1, 0.15) is 53.8 Å². The molecule has 5 nitrogen and oxygen atoms in total. The highest BCUT2D eigenvalue weighted by Crippen LogP contribution is 2.24. The Morgan fingerprint density at radius 2 is 1.89 bits per heavy atom. The van der Waals surface area contributed by atoms with Gasteiger partial charge in [0.05, 0.1) is 11.4 Å². The topological polar surface area (TPSA) is 46.8 Å². The summed E-state index contributed by atoms with van der Waals surface area (Å²) in [7, 11) is 0. The number of para-hydroxylation sites is 1. The Morgan fingerprint density at radius 1 is 1.11 bits per heavy atom. The summed E-state index contributed by atoms with van der Waals surface area (Å²) in [5, 5.41) is 4.79. The molecule has 0 N–H and O–H groups in total. The van der Waals surface area contributed by atoms with E-state index in [1.165, 1.54) is 22.5 Å². The third-order valence-electron chi connectivity index (χ3n) is 5.37. The molecule has 0 saturated heterocycles. The first kappa shape index (κ1) is 17.9. The number of nitrogens with zero attached hydrogens (tertiary/aromatic N) is 5. The zero-order valence-electron chi connectivity index (χ0n) is 16.6. The van der Waals surface area contributed by atoms with Crippen LogP contribution in [0.25, 0.3) is 5.69 Å². The van der Waals surface area contributed by atoms with Crippen LogP contribution < -0.4 is 0 Å². The van der Waals surface area contributed by atoms with Gasteiger partial charge in [0.25, 0.3) is 0 Å². The monoisotopic (exact) mass is 361 g/mol. The lowest BCUT2D eigenvalue weighted by atomic mass is 10.0. The second kappa shape index (κ2) is 7.24. The largest absolute Gasteiger partial charge is 0.294 e. The van der Waals surface area contributed by atoms with Crippen molar-refractivity contribution in [2.75, 3.05) is 6.54 Å². The molecule has 0 saturated carbocycles. The van der Waals surface area contributed by atoms with Gasteiger partial charge < -0.3 is 0 Å². The maximum atomic E-state index is 4.79. The third-order valence-corrected chi connectivity index (χ3v) is 5.37. The lowest BCUT2D eigenvalue weighted by Crippen LogP contribution is -2.31. The minimum absolute atomic E-state index is 0.377. The van der Waals surface area contributed by atoms with Crippen molar-refractivity contribution in [2.24, 2.45) is 0 Å². The number of benzene rings is 1. The lowest BCUT2D eigenvalue weighted by Gasteiger charge is -2.28. The van der Waals surface area contributed by atoms with E-state index in [-0.39, 0.29) is 0 Å². The minimum Gasteiger partial charge on any atom is -0.294 e. The Kier molecular flexibility index (Phi) is 4.79. The second-order valence-electron chi connectivity index (χ2n) is 7.71. The normalized spacial score (nSPS) is 14.6. The van der Waals surface area contributed by atoms with Gasteiger partial charge in [0.15, 0.2) is 0 Å². The van der Waals surface area contributed by atoms with E-state index in [0.717, 1.165) is 43.3 Å². The van der Waals surface area contributed by atoms with Crippen LogP contribution in [0.2, 0.25) is 0 Å². The molecule has 1 aliphatic rings. The fourth-order valence-electron chi connectivity index (χ4n) is 3.75. The molecule has 0 spiro atoms. The Labute approximate surface area is 161 Å². The van der Waals surface area contributed by atoms with Crippen LogP contribution in [0.3, 0.4) is 0 Å². The first-order valence-corrected chi connectivity index (χ1v) is 9.70. The van der Waals surface area contributed by atoms with Crippen LogP contribution in [0.15, 0.2) is 36.5 Å². The number of hydrogen-bond donors (Lipinski definition) is 0. The molecular weight excluding hydrogens is 334 g/mol. The molecular formula is C22H27N5. The van der Waals surface area contributed by atoms with Crippen molar-refractivity contribution in [1.29, 1.82) is 0 Å². The Morgan fingerprint density at radius 3 is 2.63 bits per heavy atom. The van der Waals surface area contributed by atoms with Gasteiger partial charge in [-0.05, 0) is 26.0 Å². The SMILES string of the molecule is Cc1nn(-c2ccccc2)c(C)c1CN1CCc2nc(C(C)C)ncc2C1. The van der Waals surface area contributed by atoms with Crippen molar-refractivity contribution in [3.63, 3.8) is 0 Å². The molecule has 0 bridgehead atoms. The average Bonchev–Trinajstić information content (AvgIpc) is 2.96. The molecule has 3 heterocycles.